The van der Waals surface area contributed by atoms with E-state index in [1.807, 2.05) is 0 Å². The molecular formula is C7H4BF6O-. The van der Waals surface area contributed by atoms with Gasteiger partial charge in [0.05, 0.1) is 5.82 Å². The Kier molecular flexibility index (Phi) is 3.16. The highest BCUT2D eigenvalue weighted by Crippen LogP contribution is 2.18. The lowest BCUT2D eigenvalue weighted by Crippen LogP contribution is -2.36. The minimum atomic E-state index is -5.58. The van der Waals surface area contributed by atoms with E-state index in [1.165, 1.54) is 0 Å². The monoisotopic (exact) mass is 229 g/mol. The van der Waals surface area contributed by atoms with E-state index >= 15 is 0 Å². The van der Waals surface area contributed by atoms with Crippen molar-refractivity contribution in [3.05, 3.63) is 24.0 Å². The lowest BCUT2D eigenvalue weighted by molar-refractivity contribution is -0.0498. The number of ether oxygens (including phenoxy) is 1. The summed E-state index contributed by atoms with van der Waals surface area (Å²) in [4.78, 5) is 0. The van der Waals surface area contributed by atoms with E-state index < -0.39 is 30.6 Å². The molecule has 0 aromatic heterocycles. The van der Waals surface area contributed by atoms with Crippen LogP contribution >= 0.6 is 0 Å². The summed E-state index contributed by atoms with van der Waals surface area (Å²) >= 11 is 0. The van der Waals surface area contributed by atoms with Gasteiger partial charge in [0, 0.05) is 0 Å². The standard InChI is InChI=1S/C7H4BF6O/c9-6-2-1-4(15-7(10)11)3-5(6)8(12,13)14/h1-3,7H/q-1. The smallest absolute Gasteiger partial charge is 0.445 e. The quantitative estimate of drug-likeness (QED) is 0.571. The van der Waals surface area contributed by atoms with Gasteiger partial charge in [0.1, 0.15) is 5.75 Å². The van der Waals surface area contributed by atoms with E-state index in [2.05, 4.69) is 4.74 Å². The lowest BCUT2D eigenvalue weighted by Gasteiger charge is -2.16. The van der Waals surface area contributed by atoms with Gasteiger partial charge in [-0.1, -0.05) is 5.46 Å². The predicted molar refractivity (Wildman–Crippen MR) is 41.7 cm³/mol. The van der Waals surface area contributed by atoms with E-state index in [0.717, 1.165) is 0 Å². The minimum absolute atomic E-state index is 0.210. The molecule has 1 aromatic carbocycles. The van der Waals surface area contributed by atoms with E-state index in [9.17, 15) is 26.1 Å². The number of alkyl halides is 2. The molecule has 84 valence electrons. The van der Waals surface area contributed by atoms with Crippen molar-refractivity contribution in [2.45, 2.75) is 6.61 Å². The molecule has 0 amide bonds. The molecule has 0 aliphatic rings. The molecule has 0 aliphatic carbocycles. The lowest BCUT2D eigenvalue weighted by atomic mass is 9.79. The van der Waals surface area contributed by atoms with Gasteiger partial charge in [-0.05, 0) is 18.2 Å². The summed E-state index contributed by atoms with van der Waals surface area (Å²) in [7, 11) is 0. The Morgan fingerprint density at radius 2 is 1.73 bits per heavy atom. The van der Waals surface area contributed by atoms with Crippen molar-refractivity contribution in [1.29, 1.82) is 0 Å². The van der Waals surface area contributed by atoms with Gasteiger partial charge in [-0.15, -0.1) is 0 Å². The fourth-order valence-corrected chi connectivity index (χ4v) is 0.949. The summed E-state index contributed by atoms with van der Waals surface area (Å²) in [5.74, 6) is -2.23. The van der Waals surface area contributed by atoms with Crippen molar-refractivity contribution < 1.29 is 30.9 Å². The molecular weight excluding hydrogens is 225 g/mol. The van der Waals surface area contributed by atoms with Crippen LogP contribution in [0.5, 0.6) is 5.75 Å². The van der Waals surface area contributed by atoms with Gasteiger partial charge in [-0.25, -0.2) is 4.39 Å². The zero-order chi connectivity index (χ0) is 11.6. The van der Waals surface area contributed by atoms with Crippen molar-refractivity contribution in [1.82, 2.24) is 0 Å². The maximum absolute atomic E-state index is 12.7. The molecule has 1 aromatic rings. The number of halogens is 6. The third-order valence-corrected chi connectivity index (χ3v) is 1.55. The first-order chi connectivity index (χ1) is 6.80. The zero-order valence-corrected chi connectivity index (χ0v) is 7.06. The van der Waals surface area contributed by atoms with E-state index in [-0.39, 0.29) is 6.07 Å². The number of rotatable bonds is 3. The molecule has 0 spiro atoms. The average molecular weight is 229 g/mol. The van der Waals surface area contributed by atoms with Crippen molar-refractivity contribution in [3.8, 4) is 5.75 Å². The van der Waals surface area contributed by atoms with Crippen LogP contribution in [0.4, 0.5) is 26.1 Å². The fourth-order valence-electron chi connectivity index (χ4n) is 0.949. The largest absolute Gasteiger partial charge is 0.512 e. The molecule has 0 aliphatic heterocycles. The second-order valence-corrected chi connectivity index (χ2v) is 2.64. The first-order valence-electron chi connectivity index (χ1n) is 3.75. The molecule has 0 bridgehead atoms. The van der Waals surface area contributed by atoms with Gasteiger partial charge in [0.15, 0.2) is 0 Å². The maximum Gasteiger partial charge on any atom is 0.512 e. The van der Waals surface area contributed by atoms with Crippen LogP contribution < -0.4 is 10.2 Å². The third-order valence-electron chi connectivity index (χ3n) is 1.55. The summed E-state index contributed by atoms with van der Waals surface area (Å²) in [6.07, 6.45) is 0. The number of benzene rings is 1. The molecule has 1 nitrogen and oxygen atoms in total. The van der Waals surface area contributed by atoms with Crippen LogP contribution in [0.2, 0.25) is 0 Å². The summed E-state index contributed by atoms with van der Waals surface area (Å²) in [6.45, 7) is -8.82. The molecule has 0 atom stereocenters. The fraction of sp³-hybridized carbons (Fsp3) is 0.143. The Bertz CT molecular complexity index is 350. The SMILES string of the molecule is Fc1ccc(OC(F)F)cc1[B-](F)(F)F. The molecule has 0 fully saturated rings. The molecule has 0 saturated carbocycles. The highest BCUT2D eigenvalue weighted by Gasteiger charge is 2.29. The van der Waals surface area contributed by atoms with Crippen LogP contribution in [0.25, 0.3) is 0 Å². The molecule has 0 radical (unpaired) electrons. The van der Waals surface area contributed by atoms with Crippen LogP contribution in [0.15, 0.2) is 18.2 Å². The van der Waals surface area contributed by atoms with E-state index in [1.54, 1.807) is 0 Å². The van der Waals surface area contributed by atoms with Crippen LogP contribution in [0, 0.1) is 5.82 Å². The van der Waals surface area contributed by atoms with Gasteiger partial charge in [-0.2, -0.15) is 8.78 Å². The highest BCUT2D eigenvalue weighted by atomic mass is 19.4. The summed E-state index contributed by atoms with van der Waals surface area (Å²) in [5, 5.41) is 0. The van der Waals surface area contributed by atoms with Gasteiger partial charge in [0.25, 0.3) is 0 Å². The van der Waals surface area contributed by atoms with Crippen LogP contribution in [-0.2, 0) is 0 Å². The molecule has 0 saturated heterocycles. The first-order valence-corrected chi connectivity index (χ1v) is 3.75. The molecule has 0 N–H and O–H groups in total. The van der Waals surface area contributed by atoms with Crippen molar-refractivity contribution in [2.24, 2.45) is 0 Å². The predicted octanol–water partition coefficient (Wildman–Crippen LogP) is 2.48. The van der Waals surface area contributed by atoms with Gasteiger partial charge in [-0.3, -0.25) is 0 Å². The van der Waals surface area contributed by atoms with Crippen molar-refractivity contribution in [2.75, 3.05) is 0 Å². The molecule has 0 heterocycles. The third kappa shape index (κ3) is 3.07. The second kappa shape index (κ2) is 4.04. The zero-order valence-electron chi connectivity index (χ0n) is 7.06. The van der Waals surface area contributed by atoms with Crippen LogP contribution in [0.1, 0.15) is 0 Å². The topological polar surface area (TPSA) is 9.23 Å². The summed E-state index contributed by atoms with van der Waals surface area (Å²) in [5.41, 5.74) is -1.58. The summed E-state index contributed by atoms with van der Waals surface area (Å²) < 4.78 is 76.1. The molecule has 1 rings (SSSR count). The molecule has 0 unspecified atom stereocenters. The van der Waals surface area contributed by atoms with Crippen molar-refractivity contribution in [3.63, 3.8) is 0 Å². The first kappa shape index (κ1) is 11.7. The number of hydrogen-bond donors (Lipinski definition) is 0. The summed E-state index contributed by atoms with van der Waals surface area (Å²) in [6, 6.07) is 1.34. The number of hydrogen-bond acceptors (Lipinski definition) is 1. The van der Waals surface area contributed by atoms with Gasteiger partial charge < -0.3 is 17.7 Å². The Morgan fingerprint density at radius 3 is 2.20 bits per heavy atom. The highest BCUT2D eigenvalue weighted by molar-refractivity contribution is 6.73. The van der Waals surface area contributed by atoms with Crippen molar-refractivity contribution >= 4 is 12.4 Å². The average Bonchev–Trinajstić information content (AvgIpc) is 2.05. The normalized spacial score (nSPS) is 11.9. The minimum Gasteiger partial charge on any atom is -0.445 e. The van der Waals surface area contributed by atoms with E-state index in [0.29, 0.717) is 12.1 Å². The Labute approximate surface area is 80.7 Å². The van der Waals surface area contributed by atoms with Crippen LogP contribution in [-0.4, -0.2) is 13.6 Å². The molecule has 15 heavy (non-hydrogen) atoms. The Balaban J connectivity index is 3.06. The van der Waals surface area contributed by atoms with Gasteiger partial charge in [0.2, 0.25) is 0 Å². The van der Waals surface area contributed by atoms with Crippen LogP contribution in [0.3, 0.4) is 0 Å². The van der Waals surface area contributed by atoms with Gasteiger partial charge >= 0.3 is 13.6 Å². The van der Waals surface area contributed by atoms with E-state index in [4.69, 9.17) is 0 Å². The Hall–Kier alpha value is -1.34. The second-order valence-electron chi connectivity index (χ2n) is 2.64. The maximum atomic E-state index is 12.7. The molecule has 8 heteroatoms. The Morgan fingerprint density at radius 1 is 1.13 bits per heavy atom.